The monoisotopic (exact) mass is 205 g/mol. The Kier molecular flexibility index (Phi) is 8.55. The second kappa shape index (κ2) is 9.32. The van der Waals surface area contributed by atoms with Gasteiger partial charge < -0.3 is 5.32 Å². The van der Waals surface area contributed by atoms with Crippen molar-refractivity contribution in [2.24, 2.45) is 0 Å². The van der Waals surface area contributed by atoms with E-state index < -0.39 is 0 Å². The third-order valence-corrected chi connectivity index (χ3v) is 1.88. The van der Waals surface area contributed by atoms with E-state index in [0.717, 1.165) is 6.42 Å². The van der Waals surface area contributed by atoms with Gasteiger partial charge in [-0.1, -0.05) is 43.4 Å². The molecule has 1 heteroatoms. The molecule has 1 N–H and O–H groups in total. The van der Waals surface area contributed by atoms with Gasteiger partial charge in [0.05, 0.1) is 0 Å². The molecule has 0 amide bonds. The maximum absolute atomic E-state index is 3.39. The number of hydrogen-bond acceptors (Lipinski definition) is 1. The predicted octanol–water partition coefficient (Wildman–Crippen LogP) is 3.97. The molecule has 0 saturated carbocycles. The molecule has 0 aromatic rings. The van der Waals surface area contributed by atoms with E-state index in [2.05, 4.69) is 56.5 Å². The summed E-state index contributed by atoms with van der Waals surface area (Å²) in [6, 6.07) is 0.368. The first-order valence-corrected chi connectivity index (χ1v) is 5.60. The summed E-state index contributed by atoms with van der Waals surface area (Å²) in [6.45, 7) is 8.37. The van der Waals surface area contributed by atoms with Crippen LogP contribution in [0.15, 0.2) is 48.2 Å². The lowest BCUT2D eigenvalue weighted by atomic mass is 10.2. The smallest absolute Gasteiger partial charge is 0.0416 e. The normalized spacial score (nSPS) is 15.6. The van der Waals surface area contributed by atoms with Gasteiger partial charge in [-0.2, -0.15) is 0 Å². The van der Waals surface area contributed by atoms with Crippen molar-refractivity contribution in [2.75, 3.05) is 0 Å². The Bertz CT molecular complexity index is 257. The first kappa shape index (κ1) is 13.8. The van der Waals surface area contributed by atoms with E-state index >= 15 is 0 Å². The molecule has 1 nitrogen and oxygen atoms in total. The topological polar surface area (TPSA) is 12.0 Å². The highest BCUT2D eigenvalue weighted by Gasteiger charge is 1.93. The van der Waals surface area contributed by atoms with Gasteiger partial charge in [0.15, 0.2) is 0 Å². The number of nitrogens with one attached hydrogen (secondary N) is 1. The summed E-state index contributed by atoms with van der Waals surface area (Å²) in [6.07, 6.45) is 15.7. The van der Waals surface area contributed by atoms with Crippen molar-refractivity contribution in [3.8, 4) is 0 Å². The van der Waals surface area contributed by atoms with Crippen molar-refractivity contribution < 1.29 is 0 Å². The Morgan fingerprint density at radius 3 is 2.60 bits per heavy atom. The SMILES string of the molecule is C/C=C\C=C/[C@@H](C)N/C(C)=C/C=C\CC. The van der Waals surface area contributed by atoms with Gasteiger partial charge in [-0.15, -0.1) is 0 Å². The zero-order chi connectivity index (χ0) is 11.5. The van der Waals surface area contributed by atoms with Crippen molar-refractivity contribution in [2.45, 2.75) is 40.2 Å². The van der Waals surface area contributed by atoms with Crippen LogP contribution in [0.4, 0.5) is 0 Å². The lowest BCUT2D eigenvalue weighted by Crippen LogP contribution is -2.21. The van der Waals surface area contributed by atoms with E-state index in [0.29, 0.717) is 6.04 Å². The van der Waals surface area contributed by atoms with Gasteiger partial charge in [-0.05, 0) is 33.3 Å². The van der Waals surface area contributed by atoms with Crippen molar-refractivity contribution in [1.82, 2.24) is 5.32 Å². The lowest BCUT2D eigenvalue weighted by Gasteiger charge is -2.10. The van der Waals surface area contributed by atoms with E-state index in [4.69, 9.17) is 0 Å². The summed E-state index contributed by atoms with van der Waals surface area (Å²) < 4.78 is 0. The summed E-state index contributed by atoms with van der Waals surface area (Å²) in [5, 5.41) is 3.39. The highest BCUT2D eigenvalue weighted by atomic mass is 14.9. The number of hydrogen-bond donors (Lipinski definition) is 1. The standard InChI is InChI=1S/C14H23N/c1-5-7-9-11-13(3)15-14(4)12-10-8-6-2/h5,7-13,15H,6H2,1-4H3/b7-5-,10-8-,11-9-,14-12+/t13-/m1/s1. The van der Waals surface area contributed by atoms with Crippen LogP contribution in [0, 0.1) is 0 Å². The molecule has 0 spiro atoms. The molecule has 1 atom stereocenters. The molecule has 0 radical (unpaired) electrons. The quantitative estimate of drug-likeness (QED) is 0.647. The average molecular weight is 205 g/mol. The molecule has 0 aliphatic heterocycles. The van der Waals surface area contributed by atoms with Gasteiger partial charge in [0.1, 0.15) is 0 Å². The molecule has 0 saturated heterocycles. The molecule has 0 aliphatic carbocycles. The largest absolute Gasteiger partial charge is 0.383 e. The predicted molar refractivity (Wildman–Crippen MR) is 69.7 cm³/mol. The van der Waals surface area contributed by atoms with Gasteiger partial charge in [-0.3, -0.25) is 0 Å². The third-order valence-electron chi connectivity index (χ3n) is 1.88. The van der Waals surface area contributed by atoms with Crippen molar-refractivity contribution in [3.63, 3.8) is 0 Å². The van der Waals surface area contributed by atoms with Crippen LogP contribution in [0.3, 0.4) is 0 Å². The summed E-state index contributed by atoms with van der Waals surface area (Å²) in [5.41, 5.74) is 1.19. The van der Waals surface area contributed by atoms with E-state index in [1.54, 1.807) is 0 Å². The second-order valence-corrected chi connectivity index (χ2v) is 3.53. The molecule has 15 heavy (non-hydrogen) atoms. The summed E-state index contributed by atoms with van der Waals surface area (Å²) >= 11 is 0. The number of allylic oxidation sites excluding steroid dienone is 7. The minimum Gasteiger partial charge on any atom is -0.383 e. The maximum Gasteiger partial charge on any atom is 0.0416 e. The lowest BCUT2D eigenvalue weighted by molar-refractivity contribution is 0.728. The van der Waals surface area contributed by atoms with Crippen molar-refractivity contribution in [3.05, 3.63) is 48.2 Å². The van der Waals surface area contributed by atoms with E-state index in [1.165, 1.54) is 5.70 Å². The first-order chi connectivity index (χ1) is 7.20. The Morgan fingerprint density at radius 1 is 1.27 bits per heavy atom. The molecular weight excluding hydrogens is 182 g/mol. The van der Waals surface area contributed by atoms with Crippen LogP contribution in [0.2, 0.25) is 0 Å². The molecule has 0 fully saturated rings. The summed E-state index contributed by atoms with van der Waals surface area (Å²) in [4.78, 5) is 0. The van der Waals surface area contributed by atoms with Gasteiger partial charge >= 0.3 is 0 Å². The fourth-order valence-electron chi connectivity index (χ4n) is 1.15. The van der Waals surface area contributed by atoms with Gasteiger partial charge in [-0.25, -0.2) is 0 Å². The van der Waals surface area contributed by atoms with Crippen LogP contribution in [-0.4, -0.2) is 6.04 Å². The highest BCUT2D eigenvalue weighted by molar-refractivity contribution is 5.12. The van der Waals surface area contributed by atoms with Crippen LogP contribution >= 0.6 is 0 Å². The van der Waals surface area contributed by atoms with Crippen LogP contribution in [0.1, 0.15) is 34.1 Å². The molecule has 0 rings (SSSR count). The summed E-state index contributed by atoms with van der Waals surface area (Å²) in [7, 11) is 0. The van der Waals surface area contributed by atoms with Gasteiger partial charge in [0, 0.05) is 11.7 Å². The Labute approximate surface area is 94.3 Å². The Morgan fingerprint density at radius 2 is 2.00 bits per heavy atom. The molecule has 0 unspecified atom stereocenters. The van der Waals surface area contributed by atoms with Crippen LogP contribution in [-0.2, 0) is 0 Å². The van der Waals surface area contributed by atoms with Crippen LogP contribution in [0.25, 0.3) is 0 Å². The highest BCUT2D eigenvalue weighted by Crippen LogP contribution is 1.94. The summed E-state index contributed by atoms with van der Waals surface area (Å²) in [5.74, 6) is 0. The molecular formula is C14H23N. The maximum atomic E-state index is 3.39. The van der Waals surface area contributed by atoms with E-state index in [-0.39, 0.29) is 0 Å². The fraction of sp³-hybridized carbons (Fsp3) is 0.429. The second-order valence-electron chi connectivity index (χ2n) is 3.53. The molecule has 84 valence electrons. The number of rotatable bonds is 6. The average Bonchev–Trinajstić information content (AvgIpc) is 2.18. The fourth-order valence-corrected chi connectivity index (χ4v) is 1.15. The van der Waals surface area contributed by atoms with Crippen LogP contribution in [0.5, 0.6) is 0 Å². The Hall–Kier alpha value is -1.24. The van der Waals surface area contributed by atoms with Gasteiger partial charge in [0.25, 0.3) is 0 Å². The van der Waals surface area contributed by atoms with Gasteiger partial charge in [0.2, 0.25) is 0 Å². The molecule has 0 aliphatic rings. The van der Waals surface area contributed by atoms with Crippen LogP contribution < -0.4 is 5.32 Å². The molecule has 0 heterocycles. The Balaban J connectivity index is 4.00. The molecule has 0 aromatic heterocycles. The first-order valence-electron chi connectivity index (χ1n) is 5.60. The van der Waals surface area contributed by atoms with E-state index in [9.17, 15) is 0 Å². The molecule has 0 aromatic carbocycles. The minimum absolute atomic E-state index is 0.368. The zero-order valence-corrected chi connectivity index (χ0v) is 10.3. The minimum atomic E-state index is 0.368. The third kappa shape index (κ3) is 9.07. The van der Waals surface area contributed by atoms with E-state index in [1.807, 2.05) is 19.1 Å². The van der Waals surface area contributed by atoms with Crippen molar-refractivity contribution in [1.29, 1.82) is 0 Å². The molecule has 0 bridgehead atoms. The van der Waals surface area contributed by atoms with Crippen molar-refractivity contribution >= 4 is 0 Å². The zero-order valence-electron chi connectivity index (χ0n) is 10.3.